The molecule has 5 heteroatoms. The first-order valence-electron chi connectivity index (χ1n) is 8.07. The third kappa shape index (κ3) is 3.16. The molecule has 24 heavy (non-hydrogen) atoms. The van der Waals surface area contributed by atoms with Gasteiger partial charge in [0.05, 0.1) is 26.2 Å². The van der Waals surface area contributed by atoms with Crippen LogP contribution in [0.3, 0.4) is 0 Å². The maximum atomic E-state index is 5.75. The third-order valence-corrected chi connectivity index (χ3v) is 4.28. The molecule has 0 radical (unpaired) electrons. The number of hydrogen-bond donors (Lipinski definition) is 1. The Kier molecular flexibility index (Phi) is 4.01. The summed E-state index contributed by atoms with van der Waals surface area (Å²) in [6, 6.07) is 14.5. The van der Waals surface area contributed by atoms with Crippen molar-refractivity contribution in [3.05, 3.63) is 76.5 Å². The molecule has 1 N–H and O–H groups in total. The van der Waals surface area contributed by atoms with Gasteiger partial charge in [-0.25, -0.2) is 0 Å². The van der Waals surface area contributed by atoms with Crippen LogP contribution in [-0.2, 0) is 30.9 Å². The first kappa shape index (κ1) is 14.9. The van der Waals surface area contributed by atoms with Crippen LogP contribution in [0.4, 0.5) is 5.69 Å². The van der Waals surface area contributed by atoms with Crippen LogP contribution in [0, 0.1) is 6.92 Å². The average Bonchev–Trinajstić information content (AvgIpc) is 3.23. The van der Waals surface area contributed by atoms with E-state index in [2.05, 4.69) is 52.8 Å². The maximum absolute atomic E-state index is 5.75. The van der Waals surface area contributed by atoms with Crippen molar-refractivity contribution in [2.75, 3.05) is 5.32 Å². The lowest BCUT2D eigenvalue weighted by molar-refractivity contribution is 0.134. The highest BCUT2D eigenvalue weighted by atomic mass is 16.5. The summed E-state index contributed by atoms with van der Waals surface area (Å²) in [6.07, 6.45) is 0.663. The Balaban J connectivity index is 1.39. The number of benzene rings is 2. The van der Waals surface area contributed by atoms with Gasteiger partial charge in [0.15, 0.2) is 0 Å². The van der Waals surface area contributed by atoms with Crippen molar-refractivity contribution in [2.24, 2.45) is 0 Å². The molecule has 2 heterocycles. The molecule has 0 atom stereocenters. The summed E-state index contributed by atoms with van der Waals surface area (Å²) in [5.74, 6) is 1.23. The number of anilines is 1. The highest BCUT2D eigenvalue weighted by Crippen LogP contribution is 2.23. The molecule has 1 aliphatic heterocycles. The number of nitrogens with zero attached hydrogens (tertiary/aromatic N) is 2. The van der Waals surface area contributed by atoms with E-state index in [1.807, 2.05) is 12.1 Å². The second kappa shape index (κ2) is 6.45. The first-order chi connectivity index (χ1) is 11.8. The largest absolute Gasteiger partial charge is 0.423 e. The van der Waals surface area contributed by atoms with Crippen molar-refractivity contribution in [1.82, 2.24) is 10.2 Å². The standard InChI is InChI=1S/C19H19N3O2/c1-13-4-2-3-5-14(13)9-18-21-22-19(24-18)10-20-17-7-6-15-11-23-12-16(15)8-17/h2-8,20H,9-12H2,1H3. The Bertz CT molecular complexity index is 857. The number of aryl methyl sites for hydroxylation is 1. The van der Waals surface area contributed by atoms with Crippen molar-refractivity contribution >= 4 is 5.69 Å². The topological polar surface area (TPSA) is 60.2 Å². The lowest BCUT2D eigenvalue weighted by Crippen LogP contribution is -2.00. The fourth-order valence-corrected chi connectivity index (χ4v) is 2.86. The quantitative estimate of drug-likeness (QED) is 0.778. The minimum Gasteiger partial charge on any atom is -0.423 e. The predicted octanol–water partition coefficient (Wildman–Crippen LogP) is 3.61. The summed E-state index contributed by atoms with van der Waals surface area (Å²) in [7, 11) is 0. The SMILES string of the molecule is Cc1ccccc1Cc1nnc(CNc2ccc3c(c2)COC3)o1. The molecule has 5 nitrogen and oxygen atoms in total. The van der Waals surface area contributed by atoms with E-state index in [1.54, 1.807) is 0 Å². The smallest absolute Gasteiger partial charge is 0.235 e. The lowest BCUT2D eigenvalue weighted by atomic mass is 10.1. The zero-order chi connectivity index (χ0) is 16.4. The van der Waals surface area contributed by atoms with Crippen LogP contribution in [0.15, 0.2) is 46.9 Å². The highest BCUT2D eigenvalue weighted by molar-refractivity contribution is 5.49. The predicted molar refractivity (Wildman–Crippen MR) is 90.5 cm³/mol. The molecule has 0 spiro atoms. The van der Waals surface area contributed by atoms with Crippen LogP contribution in [0.2, 0.25) is 0 Å². The monoisotopic (exact) mass is 321 g/mol. The minimum absolute atomic E-state index is 0.514. The van der Waals surface area contributed by atoms with E-state index in [-0.39, 0.29) is 0 Å². The Hall–Kier alpha value is -2.66. The summed E-state index contributed by atoms with van der Waals surface area (Å²) >= 11 is 0. The fraction of sp³-hybridized carbons (Fsp3) is 0.263. The van der Waals surface area contributed by atoms with Gasteiger partial charge >= 0.3 is 0 Å². The van der Waals surface area contributed by atoms with Crippen molar-refractivity contribution in [2.45, 2.75) is 33.1 Å². The molecule has 3 aromatic rings. The van der Waals surface area contributed by atoms with Gasteiger partial charge in [-0.1, -0.05) is 30.3 Å². The molecule has 0 fully saturated rings. The molecule has 0 unspecified atom stereocenters. The summed E-state index contributed by atoms with van der Waals surface area (Å²) < 4.78 is 11.2. The third-order valence-electron chi connectivity index (χ3n) is 4.28. The zero-order valence-corrected chi connectivity index (χ0v) is 13.6. The van der Waals surface area contributed by atoms with Gasteiger partial charge in [-0.2, -0.15) is 0 Å². The van der Waals surface area contributed by atoms with E-state index >= 15 is 0 Å². The molecule has 122 valence electrons. The van der Waals surface area contributed by atoms with E-state index in [0.717, 1.165) is 5.69 Å². The van der Waals surface area contributed by atoms with Gasteiger partial charge in [-0.05, 0) is 41.3 Å². The van der Waals surface area contributed by atoms with Crippen LogP contribution in [-0.4, -0.2) is 10.2 Å². The van der Waals surface area contributed by atoms with Gasteiger partial charge in [-0.3, -0.25) is 0 Å². The first-order valence-corrected chi connectivity index (χ1v) is 8.07. The fourth-order valence-electron chi connectivity index (χ4n) is 2.86. The Morgan fingerprint density at radius 3 is 2.75 bits per heavy atom. The molecule has 0 aliphatic carbocycles. The average molecular weight is 321 g/mol. The van der Waals surface area contributed by atoms with Gasteiger partial charge in [0.1, 0.15) is 0 Å². The molecule has 2 aromatic carbocycles. The van der Waals surface area contributed by atoms with E-state index in [0.29, 0.717) is 38.0 Å². The minimum atomic E-state index is 0.514. The number of rotatable bonds is 5. The number of aromatic nitrogens is 2. The number of fused-ring (bicyclic) bond motifs is 1. The summed E-state index contributed by atoms with van der Waals surface area (Å²) in [5.41, 5.74) is 5.98. The molecular formula is C19H19N3O2. The van der Waals surface area contributed by atoms with Gasteiger partial charge in [0.2, 0.25) is 11.8 Å². The van der Waals surface area contributed by atoms with Gasteiger partial charge in [0, 0.05) is 5.69 Å². The molecule has 1 aliphatic rings. The van der Waals surface area contributed by atoms with Crippen LogP contribution in [0.1, 0.15) is 34.0 Å². The summed E-state index contributed by atoms with van der Waals surface area (Å²) in [5, 5.41) is 11.6. The Morgan fingerprint density at radius 2 is 1.83 bits per heavy atom. The van der Waals surface area contributed by atoms with Crippen LogP contribution in [0.5, 0.6) is 0 Å². The number of hydrogen-bond acceptors (Lipinski definition) is 5. The normalized spacial score (nSPS) is 13.0. The maximum Gasteiger partial charge on any atom is 0.235 e. The van der Waals surface area contributed by atoms with Gasteiger partial charge in [-0.15, -0.1) is 10.2 Å². The molecular weight excluding hydrogens is 302 g/mol. The number of ether oxygens (including phenoxy) is 1. The van der Waals surface area contributed by atoms with Gasteiger partial charge < -0.3 is 14.5 Å². The second-order valence-electron chi connectivity index (χ2n) is 6.02. The van der Waals surface area contributed by atoms with E-state index in [1.165, 1.54) is 22.3 Å². The lowest BCUT2D eigenvalue weighted by Gasteiger charge is -2.05. The molecule has 4 rings (SSSR count). The van der Waals surface area contributed by atoms with E-state index < -0.39 is 0 Å². The van der Waals surface area contributed by atoms with Crippen LogP contribution < -0.4 is 5.32 Å². The summed E-state index contributed by atoms with van der Waals surface area (Å²) in [4.78, 5) is 0. The summed E-state index contributed by atoms with van der Waals surface area (Å²) in [6.45, 7) is 4.00. The molecule has 0 saturated heterocycles. The second-order valence-corrected chi connectivity index (χ2v) is 6.02. The van der Waals surface area contributed by atoms with Crippen molar-refractivity contribution in [3.8, 4) is 0 Å². The molecule has 1 aromatic heterocycles. The Morgan fingerprint density at radius 1 is 1.00 bits per heavy atom. The molecule has 0 bridgehead atoms. The molecule has 0 saturated carbocycles. The van der Waals surface area contributed by atoms with Crippen LogP contribution >= 0.6 is 0 Å². The number of nitrogens with one attached hydrogen (secondary N) is 1. The highest BCUT2D eigenvalue weighted by Gasteiger charge is 2.12. The van der Waals surface area contributed by atoms with E-state index in [4.69, 9.17) is 9.15 Å². The van der Waals surface area contributed by atoms with Gasteiger partial charge in [0.25, 0.3) is 0 Å². The molecule has 0 amide bonds. The Labute approximate surface area is 140 Å². The van der Waals surface area contributed by atoms with Crippen molar-refractivity contribution in [1.29, 1.82) is 0 Å². The van der Waals surface area contributed by atoms with E-state index in [9.17, 15) is 0 Å². The zero-order valence-electron chi connectivity index (χ0n) is 13.6. The van der Waals surface area contributed by atoms with Crippen molar-refractivity contribution in [3.63, 3.8) is 0 Å². The van der Waals surface area contributed by atoms with Crippen LogP contribution in [0.25, 0.3) is 0 Å². The van der Waals surface area contributed by atoms with Crippen molar-refractivity contribution < 1.29 is 9.15 Å².